The number of amides is 3. The van der Waals surface area contributed by atoms with E-state index in [0.29, 0.717) is 34.9 Å². The lowest BCUT2D eigenvalue weighted by atomic mass is 9.96. The molecular weight excluding hydrogens is 512 g/mol. The molecule has 0 radical (unpaired) electrons. The molecule has 0 aliphatic heterocycles. The van der Waals surface area contributed by atoms with Crippen LogP contribution >= 0.6 is 0 Å². The zero-order valence-electron chi connectivity index (χ0n) is 24.2. The van der Waals surface area contributed by atoms with Gasteiger partial charge in [0.15, 0.2) is 17.3 Å². The SMILES string of the molecule is CCC(C)(C)NC(=O)[C@H](c1cccc(OC)c1OC)N(C(=O)CCC(=O)Nc1cc(C)on1)c1ccccc1C. The Bertz CT molecular complexity index is 1350. The predicted molar refractivity (Wildman–Crippen MR) is 153 cm³/mol. The quantitative estimate of drug-likeness (QED) is 0.321. The van der Waals surface area contributed by atoms with Crippen LogP contribution < -0.4 is 25.0 Å². The summed E-state index contributed by atoms with van der Waals surface area (Å²) in [5, 5.41) is 9.49. The normalized spacial score (nSPS) is 11.9. The van der Waals surface area contributed by atoms with Crippen LogP contribution in [0, 0.1) is 13.8 Å². The van der Waals surface area contributed by atoms with Crippen LogP contribution in [0.1, 0.15) is 63.0 Å². The van der Waals surface area contributed by atoms with Crippen molar-refractivity contribution in [1.29, 1.82) is 0 Å². The Morgan fingerprint density at radius 3 is 2.35 bits per heavy atom. The van der Waals surface area contributed by atoms with E-state index < -0.39 is 29.3 Å². The number of rotatable bonds is 12. The van der Waals surface area contributed by atoms with Crippen LogP contribution in [0.25, 0.3) is 0 Å². The van der Waals surface area contributed by atoms with Crippen LogP contribution in [0.3, 0.4) is 0 Å². The highest BCUT2D eigenvalue weighted by molar-refractivity contribution is 6.04. The zero-order valence-corrected chi connectivity index (χ0v) is 24.2. The molecule has 0 bridgehead atoms. The van der Waals surface area contributed by atoms with Gasteiger partial charge < -0.3 is 24.6 Å². The molecule has 3 amide bonds. The highest BCUT2D eigenvalue weighted by Gasteiger charge is 2.38. The molecular formula is C30H38N4O6. The monoisotopic (exact) mass is 550 g/mol. The van der Waals surface area contributed by atoms with Gasteiger partial charge >= 0.3 is 0 Å². The number of nitrogens with zero attached hydrogens (tertiary/aromatic N) is 2. The van der Waals surface area contributed by atoms with Crippen LogP contribution in [-0.2, 0) is 14.4 Å². The minimum absolute atomic E-state index is 0.128. The fraction of sp³-hybridized carbons (Fsp3) is 0.400. The third kappa shape index (κ3) is 7.19. The van der Waals surface area contributed by atoms with Gasteiger partial charge in [0.1, 0.15) is 11.8 Å². The molecule has 0 aliphatic carbocycles. The summed E-state index contributed by atoms with van der Waals surface area (Å²) < 4.78 is 16.2. The van der Waals surface area contributed by atoms with Crippen molar-refractivity contribution < 1.29 is 28.4 Å². The second-order valence-corrected chi connectivity index (χ2v) is 10.1. The number of hydrogen-bond acceptors (Lipinski definition) is 7. The number of methoxy groups -OCH3 is 2. The number of aromatic nitrogens is 1. The third-order valence-electron chi connectivity index (χ3n) is 6.69. The highest BCUT2D eigenvalue weighted by atomic mass is 16.5. The second-order valence-electron chi connectivity index (χ2n) is 10.1. The molecule has 1 atom stereocenters. The molecule has 3 aromatic rings. The zero-order chi connectivity index (χ0) is 29.4. The molecule has 0 spiro atoms. The van der Waals surface area contributed by atoms with E-state index in [1.165, 1.54) is 19.1 Å². The highest BCUT2D eigenvalue weighted by Crippen LogP contribution is 2.40. The van der Waals surface area contributed by atoms with Gasteiger partial charge in [0.2, 0.25) is 17.7 Å². The second kappa shape index (κ2) is 13.1. The first-order chi connectivity index (χ1) is 19.0. The Morgan fingerprint density at radius 2 is 1.75 bits per heavy atom. The maximum atomic E-state index is 14.1. The van der Waals surface area contributed by atoms with Crippen molar-refractivity contribution in [3.05, 3.63) is 65.4 Å². The molecule has 0 saturated carbocycles. The van der Waals surface area contributed by atoms with Gasteiger partial charge in [0.05, 0.1) is 14.2 Å². The number of benzene rings is 2. The molecule has 0 saturated heterocycles. The molecule has 3 rings (SSSR count). The molecule has 214 valence electrons. The van der Waals surface area contributed by atoms with Crippen molar-refractivity contribution in [2.45, 2.75) is 65.5 Å². The molecule has 10 nitrogen and oxygen atoms in total. The van der Waals surface area contributed by atoms with Crippen molar-refractivity contribution in [2.24, 2.45) is 0 Å². The smallest absolute Gasteiger partial charge is 0.248 e. The fourth-order valence-electron chi connectivity index (χ4n) is 4.24. The molecule has 1 aromatic heterocycles. The van der Waals surface area contributed by atoms with E-state index in [2.05, 4.69) is 15.8 Å². The molecule has 0 unspecified atom stereocenters. The Balaban J connectivity index is 2.08. The predicted octanol–water partition coefficient (Wildman–Crippen LogP) is 5.11. The molecule has 2 aromatic carbocycles. The summed E-state index contributed by atoms with van der Waals surface area (Å²) in [5.41, 5.74) is 1.23. The Kier molecular flexibility index (Phi) is 9.93. The summed E-state index contributed by atoms with van der Waals surface area (Å²) in [6.07, 6.45) is 0.377. The van der Waals surface area contributed by atoms with Crippen molar-refractivity contribution in [1.82, 2.24) is 10.5 Å². The number of carbonyl (C=O) groups is 3. The number of ether oxygens (including phenoxy) is 2. The van der Waals surface area contributed by atoms with Crippen LogP contribution in [0.4, 0.5) is 11.5 Å². The lowest BCUT2D eigenvalue weighted by Crippen LogP contribution is -2.50. The van der Waals surface area contributed by atoms with Crippen LogP contribution in [0.15, 0.2) is 53.1 Å². The summed E-state index contributed by atoms with van der Waals surface area (Å²) >= 11 is 0. The summed E-state index contributed by atoms with van der Waals surface area (Å²) in [5.74, 6) is 0.368. The maximum Gasteiger partial charge on any atom is 0.248 e. The van der Waals surface area contributed by atoms with Crippen LogP contribution in [0.2, 0.25) is 0 Å². The first-order valence-electron chi connectivity index (χ1n) is 13.1. The fourth-order valence-corrected chi connectivity index (χ4v) is 4.24. The largest absolute Gasteiger partial charge is 0.493 e. The van der Waals surface area contributed by atoms with Crippen LogP contribution in [-0.4, -0.2) is 42.6 Å². The van der Waals surface area contributed by atoms with Crippen molar-refractivity contribution in [2.75, 3.05) is 24.4 Å². The van der Waals surface area contributed by atoms with E-state index in [0.717, 1.165) is 5.56 Å². The first kappa shape index (κ1) is 30.2. The van der Waals surface area contributed by atoms with E-state index in [4.69, 9.17) is 14.0 Å². The molecule has 10 heteroatoms. The lowest BCUT2D eigenvalue weighted by molar-refractivity contribution is -0.128. The Morgan fingerprint density at radius 1 is 1.02 bits per heavy atom. The van der Waals surface area contributed by atoms with E-state index in [1.807, 2.05) is 39.8 Å². The van der Waals surface area contributed by atoms with Crippen molar-refractivity contribution in [3.63, 3.8) is 0 Å². The van der Waals surface area contributed by atoms with Gasteiger partial charge in [0, 0.05) is 35.7 Å². The van der Waals surface area contributed by atoms with Gasteiger partial charge in [-0.2, -0.15) is 0 Å². The van der Waals surface area contributed by atoms with Gasteiger partial charge in [-0.15, -0.1) is 0 Å². The molecule has 1 heterocycles. The lowest BCUT2D eigenvalue weighted by Gasteiger charge is -2.36. The van der Waals surface area contributed by atoms with Gasteiger partial charge in [-0.3, -0.25) is 19.3 Å². The summed E-state index contributed by atoms with van der Waals surface area (Å²) in [6, 6.07) is 13.0. The van der Waals surface area contributed by atoms with E-state index in [9.17, 15) is 14.4 Å². The first-order valence-corrected chi connectivity index (χ1v) is 13.1. The summed E-state index contributed by atoms with van der Waals surface area (Å²) in [4.78, 5) is 42.2. The van der Waals surface area contributed by atoms with Gasteiger partial charge in [-0.05, 0) is 51.8 Å². The topological polar surface area (TPSA) is 123 Å². The molecule has 0 aliphatic rings. The standard InChI is InChI=1S/C30H38N4O6/c1-8-30(4,5)32-29(37)27(21-13-11-15-23(38-6)28(21)39-7)34(22-14-10-9-12-19(22)2)26(36)17-16-25(35)31-24-18-20(3)40-33-24/h9-15,18,27H,8,16-17H2,1-7H3,(H,32,37)(H,31,33,35)/t27-/m0/s1. The summed E-state index contributed by atoms with van der Waals surface area (Å²) in [7, 11) is 3.00. The van der Waals surface area contributed by atoms with Crippen molar-refractivity contribution in [3.8, 4) is 11.5 Å². The number of aryl methyl sites for hydroxylation is 2. The number of para-hydroxylation sites is 2. The van der Waals surface area contributed by atoms with Gasteiger partial charge in [0.25, 0.3) is 0 Å². The Hall–Kier alpha value is -4.34. The Labute approximate surface area is 235 Å². The van der Waals surface area contributed by atoms with E-state index in [1.54, 1.807) is 43.3 Å². The third-order valence-corrected chi connectivity index (χ3v) is 6.69. The van der Waals surface area contributed by atoms with E-state index in [-0.39, 0.29) is 18.7 Å². The maximum absolute atomic E-state index is 14.1. The van der Waals surface area contributed by atoms with Crippen LogP contribution in [0.5, 0.6) is 11.5 Å². The van der Waals surface area contributed by atoms with Gasteiger partial charge in [-0.1, -0.05) is 42.4 Å². The molecule has 2 N–H and O–H groups in total. The molecule has 40 heavy (non-hydrogen) atoms. The number of carbonyl (C=O) groups excluding carboxylic acids is 3. The average molecular weight is 551 g/mol. The van der Waals surface area contributed by atoms with E-state index >= 15 is 0 Å². The average Bonchev–Trinajstić information content (AvgIpc) is 3.34. The summed E-state index contributed by atoms with van der Waals surface area (Å²) in [6.45, 7) is 9.38. The van der Waals surface area contributed by atoms with Gasteiger partial charge in [-0.25, -0.2) is 0 Å². The minimum atomic E-state index is -1.12. The number of nitrogens with one attached hydrogen (secondary N) is 2. The van der Waals surface area contributed by atoms with Crippen molar-refractivity contribution >= 4 is 29.2 Å². The molecule has 0 fully saturated rings. The number of hydrogen-bond donors (Lipinski definition) is 2. The minimum Gasteiger partial charge on any atom is -0.493 e. The number of anilines is 2.